The number of rotatable bonds is 5. The molecule has 4 nitrogen and oxygen atoms in total. The van der Waals surface area contributed by atoms with Crippen LogP contribution in [0.3, 0.4) is 0 Å². The molecular weight excluding hydrogens is 252 g/mol. The second-order valence-electron chi connectivity index (χ2n) is 4.41. The molecule has 18 heavy (non-hydrogen) atoms. The van der Waals surface area contributed by atoms with Gasteiger partial charge in [-0.15, -0.1) is 0 Å². The second kappa shape index (κ2) is 6.71. The number of amides is 1. The van der Waals surface area contributed by atoms with Crippen molar-refractivity contribution >= 4 is 17.5 Å². The molecule has 1 heterocycles. The highest BCUT2D eigenvalue weighted by atomic mass is 35.5. The maximum atomic E-state index is 12.4. The van der Waals surface area contributed by atoms with E-state index in [1.165, 1.54) is 0 Å². The van der Waals surface area contributed by atoms with Crippen LogP contribution >= 0.6 is 11.6 Å². The zero-order valence-corrected chi connectivity index (χ0v) is 12.0. The van der Waals surface area contributed by atoms with Gasteiger partial charge >= 0.3 is 0 Å². The first kappa shape index (κ1) is 14.9. The van der Waals surface area contributed by atoms with Crippen LogP contribution in [0.15, 0.2) is 12.1 Å². The number of halogens is 1. The number of hydrogen-bond acceptors (Lipinski definition) is 3. The molecule has 0 atom stereocenters. The Bertz CT molecular complexity index is 401. The van der Waals surface area contributed by atoms with Crippen LogP contribution in [-0.2, 0) is 4.74 Å². The Hall–Kier alpha value is -1.13. The van der Waals surface area contributed by atoms with E-state index in [1.54, 1.807) is 24.1 Å². The lowest BCUT2D eigenvalue weighted by atomic mass is 10.2. The molecule has 100 valence electrons. The van der Waals surface area contributed by atoms with Gasteiger partial charge in [0.15, 0.2) is 0 Å². The molecule has 1 rings (SSSR count). The summed E-state index contributed by atoms with van der Waals surface area (Å²) >= 11 is 5.88. The number of carbonyl (C=O) groups is 1. The molecule has 0 aromatic carbocycles. The van der Waals surface area contributed by atoms with Crippen molar-refractivity contribution in [1.82, 2.24) is 9.88 Å². The monoisotopic (exact) mass is 270 g/mol. The molecule has 0 unspecified atom stereocenters. The van der Waals surface area contributed by atoms with Crippen LogP contribution in [-0.4, -0.2) is 42.1 Å². The largest absolute Gasteiger partial charge is 0.383 e. The molecule has 0 aliphatic heterocycles. The SMILES string of the molecule is COCCN(C(=O)c1cc(C)nc(Cl)c1)C(C)C. The van der Waals surface area contributed by atoms with E-state index in [4.69, 9.17) is 16.3 Å². The van der Waals surface area contributed by atoms with E-state index in [2.05, 4.69) is 4.98 Å². The minimum atomic E-state index is -0.0468. The molecular formula is C13H19ClN2O2. The van der Waals surface area contributed by atoms with Crippen molar-refractivity contribution in [3.05, 3.63) is 28.5 Å². The molecule has 0 saturated carbocycles. The third-order valence-electron chi connectivity index (χ3n) is 2.59. The summed E-state index contributed by atoms with van der Waals surface area (Å²) in [5.41, 5.74) is 1.30. The average molecular weight is 271 g/mol. The van der Waals surface area contributed by atoms with Crippen LogP contribution in [0.5, 0.6) is 0 Å². The predicted molar refractivity (Wildman–Crippen MR) is 72.0 cm³/mol. The van der Waals surface area contributed by atoms with E-state index in [0.717, 1.165) is 5.69 Å². The van der Waals surface area contributed by atoms with Gasteiger partial charge in [0.1, 0.15) is 5.15 Å². The van der Waals surface area contributed by atoms with Crippen LogP contribution in [0.25, 0.3) is 0 Å². The van der Waals surface area contributed by atoms with Crippen LogP contribution in [0.1, 0.15) is 29.9 Å². The van der Waals surface area contributed by atoms with Gasteiger partial charge in [-0.1, -0.05) is 11.6 Å². The zero-order chi connectivity index (χ0) is 13.7. The molecule has 1 aromatic heterocycles. The Labute approximate surface area is 113 Å². The fourth-order valence-electron chi connectivity index (χ4n) is 1.70. The maximum absolute atomic E-state index is 12.4. The molecule has 0 N–H and O–H groups in total. The summed E-state index contributed by atoms with van der Waals surface area (Å²) in [6.07, 6.45) is 0. The van der Waals surface area contributed by atoms with E-state index in [-0.39, 0.29) is 11.9 Å². The van der Waals surface area contributed by atoms with E-state index in [0.29, 0.717) is 23.9 Å². The fourth-order valence-corrected chi connectivity index (χ4v) is 1.95. The molecule has 5 heteroatoms. The minimum absolute atomic E-state index is 0.0468. The summed E-state index contributed by atoms with van der Waals surface area (Å²) in [5, 5.41) is 0.341. The van der Waals surface area contributed by atoms with Gasteiger partial charge in [0, 0.05) is 31.0 Å². The summed E-state index contributed by atoms with van der Waals surface area (Å²) in [4.78, 5) is 18.2. The standard InChI is InChI=1S/C13H19ClN2O2/c1-9(2)16(5-6-18-4)13(17)11-7-10(3)15-12(14)8-11/h7-9H,5-6H2,1-4H3. The van der Waals surface area contributed by atoms with Crippen molar-refractivity contribution in [3.8, 4) is 0 Å². The summed E-state index contributed by atoms with van der Waals surface area (Å²) in [5.74, 6) is -0.0468. The number of aryl methyl sites for hydroxylation is 1. The van der Waals surface area contributed by atoms with E-state index >= 15 is 0 Å². The Kier molecular flexibility index (Phi) is 5.56. The van der Waals surface area contributed by atoms with Gasteiger partial charge in [0.05, 0.1) is 6.61 Å². The average Bonchev–Trinajstić information content (AvgIpc) is 2.27. The lowest BCUT2D eigenvalue weighted by molar-refractivity contribution is 0.0634. The van der Waals surface area contributed by atoms with Gasteiger partial charge in [0.2, 0.25) is 0 Å². The summed E-state index contributed by atoms with van der Waals surface area (Å²) < 4.78 is 5.02. The van der Waals surface area contributed by atoms with Crippen molar-refractivity contribution in [1.29, 1.82) is 0 Å². The quantitative estimate of drug-likeness (QED) is 0.772. The maximum Gasteiger partial charge on any atom is 0.254 e. The Morgan fingerprint density at radius 3 is 2.67 bits per heavy atom. The van der Waals surface area contributed by atoms with Gasteiger partial charge in [0.25, 0.3) is 5.91 Å². The first-order chi connectivity index (χ1) is 8.45. The van der Waals surface area contributed by atoms with Crippen LogP contribution in [0.4, 0.5) is 0 Å². The van der Waals surface area contributed by atoms with Crippen molar-refractivity contribution in [3.63, 3.8) is 0 Å². The molecule has 1 aromatic rings. The topological polar surface area (TPSA) is 42.4 Å². The fraction of sp³-hybridized carbons (Fsp3) is 0.538. The third-order valence-corrected chi connectivity index (χ3v) is 2.78. The number of aromatic nitrogens is 1. The molecule has 1 amide bonds. The molecule has 0 spiro atoms. The van der Waals surface area contributed by atoms with E-state index in [1.807, 2.05) is 20.8 Å². The Balaban J connectivity index is 2.94. The van der Waals surface area contributed by atoms with Crippen molar-refractivity contribution in [2.75, 3.05) is 20.3 Å². The molecule has 0 bridgehead atoms. The highest BCUT2D eigenvalue weighted by Gasteiger charge is 2.19. The number of methoxy groups -OCH3 is 1. The summed E-state index contributed by atoms with van der Waals surface area (Å²) in [6.45, 7) is 6.84. The van der Waals surface area contributed by atoms with Crippen molar-refractivity contribution in [2.24, 2.45) is 0 Å². The summed E-state index contributed by atoms with van der Waals surface area (Å²) in [6, 6.07) is 3.45. The first-order valence-corrected chi connectivity index (χ1v) is 6.27. The van der Waals surface area contributed by atoms with Crippen LogP contribution in [0, 0.1) is 6.92 Å². The lowest BCUT2D eigenvalue weighted by Gasteiger charge is -2.26. The Morgan fingerprint density at radius 2 is 2.17 bits per heavy atom. The number of ether oxygens (including phenoxy) is 1. The van der Waals surface area contributed by atoms with Crippen molar-refractivity contribution < 1.29 is 9.53 Å². The minimum Gasteiger partial charge on any atom is -0.383 e. The van der Waals surface area contributed by atoms with Crippen LogP contribution in [0.2, 0.25) is 5.15 Å². The van der Waals surface area contributed by atoms with Gasteiger partial charge in [-0.25, -0.2) is 4.98 Å². The molecule has 0 radical (unpaired) electrons. The van der Waals surface area contributed by atoms with Gasteiger partial charge < -0.3 is 9.64 Å². The third kappa shape index (κ3) is 3.96. The van der Waals surface area contributed by atoms with Crippen molar-refractivity contribution in [2.45, 2.75) is 26.8 Å². The highest BCUT2D eigenvalue weighted by Crippen LogP contribution is 2.14. The normalized spacial score (nSPS) is 10.8. The van der Waals surface area contributed by atoms with Gasteiger partial charge in [-0.05, 0) is 32.9 Å². The molecule has 0 fully saturated rings. The second-order valence-corrected chi connectivity index (χ2v) is 4.79. The zero-order valence-electron chi connectivity index (χ0n) is 11.2. The predicted octanol–water partition coefficient (Wildman–Crippen LogP) is 2.54. The number of hydrogen-bond donors (Lipinski definition) is 0. The van der Waals surface area contributed by atoms with Gasteiger partial charge in [-0.3, -0.25) is 4.79 Å². The number of pyridine rings is 1. The van der Waals surface area contributed by atoms with Gasteiger partial charge in [-0.2, -0.15) is 0 Å². The smallest absolute Gasteiger partial charge is 0.254 e. The number of carbonyl (C=O) groups excluding carboxylic acids is 1. The molecule has 0 saturated heterocycles. The molecule has 0 aliphatic carbocycles. The molecule has 0 aliphatic rings. The highest BCUT2D eigenvalue weighted by molar-refractivity contribution is 6.29. The summed E-state index contributed by atoms with van der Waals surface area (Å²) in [7, 11) is 1.62. The number of nitrogens with zero attached hydrogens (tertiary/aromatic N) is 2. The van der Waals surface area contributed by atoms with E-state index < -0.39 is 0 Å². The lowest BCUT2D eigenvalue weighted by Crippen LogP contribution is -2.39. The first-order valence-electron chi connectivity index (χ1n) is 5.89. The van der Waals surface area contributed by atoms with Crippen LogP contribution < -0.4 is 0 Å². The van der Waals surface area contributed by atoms with E-state index in [9.17, 15) is 4.79 Å². The Morgan fingerprint density at radius 1 is 1.50 bits per heavy atom.